The molecule has 0 bridgehead atoms. The van der Waals surface area contributed by atoms with Crippen LogP contribution >= 0.6 is 0 Å². The summed E-state index contributed by atoms with van der Waals surface area (Å²) in [5.74, 6) is 1.55. The molecule has 150 valence electrons. The van der Waals surface area contributed by atoms with Crippen LogP contribution in [0.2, 0.25) is 0 Å². The van der Waals surface area contributed by atoms with E-state index in [0.29, 0.717) is 40.8 Å². The average Bonchev–Trinajstić information content (AvgIpc) is 3.21. The van der Waals surface area contributed by atoms with Gasteiger partial charge in [-0.3, -0.25) is 9.59 Å². The first-order valence-electron chi connectivity index (χ1n) is 8.87. The van der Waals surface area contributed by atoms with Crippen molar-refractivity contribution in [3.8, 4) is 22.8 Å². The largest absolute Gasteiger partial charge is 0.497 e. The molecule has 3 rings (SSSR count). The van der Waals surface area contributed by atoms with Gasteiger partial charge in [0.05, 0.1) is 26.0 Å². The first-order valence-corrected chi connectivity index (χ1v) is 8.87. The van der Waals surface area contributed by atoms with Gasteiger partial charge < -0.3 is 24.9 Å². The van der Waals surface area contributed by atoms with Gasteiger partial charge in [-0.15, -0.1) is 0 Å². The minimum Gasteiger partial charge on any atom is -0.497 e. The third-order valence-electron chi connectivity index (χ3n) is 4.25. The summed E-state index contributed by atoms with van der Waals surface area (Å²) >= 11 is 0. The lowest BCUT2D eigenvalue weighted by atomic mass is 10.1. The van der Waals surface area contributed by atoms with E-state index < -0.39 is 5.91 Å². The van der Waals surface area contributed by atoms with E-state index in [-0.39, 0.29) is 12.3 Å². The first-order chi connectivity index (χ1) is 14.0. The molecule has 29 heavy (non-hydrogen) atoms. The number of amides is 2. The van der Waals surface area contributed by atoms with E-state index in [0.717, 1.165) is 5.56 Å². The first kappa shape index (κ1) is 19.9. The highest BCUT2D eigenvalue weighted by Gasteiger charge is 2.14. The smallest absolute Gasteiger partial charge is 0.248 e. The molecule has 2 aromatic carbocycles. The van der Waals surface area contributed by atoms with Gasteiger partial charge in [0, 0.05) is 30.2 Å². The van der Waals surface area contributed by atoms with Crippen molar-refractivity contribution in [1.82, 2.24) is 4.98 Å². The lowest BCUT2D eigenvalue weighted by Crippen LogP contribution is -2.13. The summed E-state index contributed by atoms with van der Waals surface area (Å²) < 4.78 is 16.3. The Hall–Kier alpha value is -3.81. The second kappa shape index (κ2) is 8.92. The zero-order chi connectivity index (χ0) is 20.8. The number of aryl methyl sites for hydroxylation is 1. The maximum Gasteiger partial charge on any atom is 0.248 e. The fraction of sp³-hybridized carbons (Fsp3) is 0.190. The van der Waals surface area contributed by atoms with Gasteiger partial charge in [0.1, 0.15) is 11.5 Å². The van der Waals surface area contributed by atoms with Crippen LogP contribution in [0.1, 0.15) is 22.7 Å². The normalized spacial score (nSPS) is 10.4. The summed E-state index contributed by atoms with van der Waals surface area (Å²) in [7, 11) is 3.15. The van der Waals surface area contributed by atoms with Crippen LogP contribution in [0, 0.1) is 0 Å². The van der Waals surface area contributed by atoms with E-state index in [1.54, 1.807) is 56.8 Å². The number of carbonyl (C=O) groups is 2. The molecule has 0 aliphatic heterocycles. The van der Waals surface area contributed by atoms with Crippen molar-refractivity contribution in [2.45, 2.75) is 12.8 Å². The number of rotatable bonds is 8. The predicted molar refractivity (Wildman–Crippen MR) is 107 cm³/mol. The highest BCUT2D eigenvalue weighted by molar-refractivity contribution is 5.94. The Morgan fingerprint density at radius 2 is 1.86 bits per heavy atom. The van der Waals surface area contributed by atoms with Crippen molar-refractivity contribution in [3.63, 3.8) is 0 Å². The number of anilines is 1. The summed E-state index contributed by atoms with van der Waals surface area (Å²) in [6, 6.07) is 11.7. The Kier molecular flexibility index (Phi) is 6.13. The van der Waals surface area contributed by atoms with Gasteiger partial charge in [-0.2, -0.15) is 0 Å². The minimum atomic E-state index is -0.518. The number of methoxy groups -OCH3 is 2. The number of ether oxygens (including phenoxy) is 2. The second-order valence-electron chi connectivity index (χ2n) is 6.17. The van der Waals surface area contributed by atoms with E-state index >= 15 is 0 Å². The molecule has 0 fully saturated rings. The van der Waals surface area contributed by atoms with Crippen LogP contribution < -0.4 is 20.5 Å². The van der Waals surface area contributed by atoms with Crippen LogP contribution in [-0.2, 0) is 11.2 Å². The van der Waals surface area contributed by atoms with Gasteiger partial charge in [0.15, 0.2) is 11.7 Å². The Morgan fingerprint density at radius 1 is 1.10 bits per heavy atom. The molecule has 0 aliphatic carbocycles. The molecule has 3 N–H and O–H groups in total. The molecule has 8 nitrogen and oxygen atoms in total. The van der Waals surface area contributed by atoms with Gasteiger partial charge in [0.2, 0.25) is 11.8 Å². The number of nitrogens with zero attached hydrogens (tertiary/aromatic N) is 1. The fourth-order valence-corrected chi connectivity index (χ4v) is 2.71. The number of hydrogen-bond acceptors (Lipinski definition) is 6. The van der Waals surface area contributed by atoms with Crippen LogP contribution in [0.25, 0.3) is 11.3 Å². The van der Waals surface area contributed by atoms with Crippen molar-refractivity contribution >= 4 is 17.5 Å². The number of primary amides is 1. The molecule has 0 atom stereocenters. The standard InChI is InChI=1S/C21H21N3O5/c1-27-15-7-8-16(17(11-15)28-2)18-12-23-20(29-18)10-9-19(25)24-14-5-3-13(4-6-14)21(22)26/h3-8,11-12H,9-10H2,1-2H3,(H2,22,26)(H,24,25). The summed E-state index contributed by atoms with van der Waals surface area (Å²) in [5, 5.41) is 2.75. The quantitative estimate of drug-likeness (QED) is 0.605. The number of oxazole rings is 1. The monoisotopic (exact) mass is 395 g/mol. The van der Waals surface area contributed by atoms with Crippen molar-refractivity contribution in [2.75, 3.05) is 19.5 Å². The van der Waals surface area contributed by atoms with Crippen molar-refractivity contribution in [3.05, 3.63) is 60.1 Å². The van der Waals surface area contributed by atoms with Crippen molar-refractivity contribution in [1.29, 1.82) is 0 Å². The minimum absolute atomic E-state index is 0.192. The van der Waals surface area contributed by atoms with E-state index in [4.69, 9.17) is 19.6 Å². The van der Waals surface area contributed by atoms with E-state index in [1.807, 2.05) is 6.07 Å². The molecular weight excluding hydrogens is 374 g/mol. The summed E-state index contributed by atoms with van der Waals surface area (Å²) in [6.07, 6.45) is 2.13. The van der Waals surface area contributed by atoms with Gasteiger partial charge in [0.25, 0.3) is 0 Å². The molecule has 3 aromatic rings. The molecule has 0 saturated heterocycles. The number of nitrogens with two attached hydrogens (primary N) is 1. The molecule has 0 saturated carbocycles. The lowest BCUT2D eigenvalue weighted by molar-refractivity contribution is -0.116. The zero-order valence-corrected chi connectivity index (χ0v) is 16.1. The maximum absolute atomic E-state index is 12.1. The molecule has 0 unspecified atom stereocenters. The van der Waals surface area contributed by atoms with E-state index in [1.165, 1.54) is 0 Å². The lowest BCUT2D eigenvalue weighted by Gasteiger charge is -2.08. The van der Waals surface area contributed by atoms with Crippen molar-refractivity contribution < 1.29 is 23.5 Å². The molecule has 8 heteroatoms. The summed E-state index contributed by atoms with van der Waals surface area (Å²) in [6.45, 7) is 0. The van der Waals surface area contributed by atoms with Gasteiger partial charge >= 0.3 is 0 Å². The highest BCUT2D eigenvalue weighted by Crippen LogP contribution is 2.33. The van der Waals surface area contributed by atoms with Gasteiger partial charge in [-0.25, -0.2) is 4.98 Å². The molecule has 1 aromatic heterocycles. The number of carbonyl (C=O) groups excluding carboxylic acids is 2. The van der Waals surface area contributed by atoms with E-state index in [9.17, 15) is 9.59 Å². The topological polar surface area (TPSA) is 117 Å². The van der Waals surface area contributed by atoms with Crippen LogP contribution in [0.15, 0.2) is 53.1 Å². The van der Waals surface area contributed by atoms with Crippen LogP contribution in [0.3, 0.4) is 0 Å². The van der Waals surface area contributed by atoms with Crippen molar-refractivity contribution in [2.24, 2.45) is 5.73 Å². The van der Waals surface area contributed by atoms with Crippen LogP contribution in [0.4, 0.5) is 5.69 Å². The van der Waals surface area contributed by atoms with Crippen LogP contribution in [-0.4, -0.2) is 31.0 Å². The molecule has 0 spiro atoms. The third kappa shape index (κ3) is 4.92. The summed E-state index contributed by atoms with van der Waals surface area (Å²) in [4.78, 5) is 27.5. The number of benzene rings is 2. The number of hydrogen-bond donors (Lipinski definition) is 2. The van der Waals surface area contributed by atoms with Gasteiger partial charge in [-0.05, 0) is 36.4 Å². The molecule has 0 aliphatic rings. The average molecular weight is 395 g/mol. The maximum atomic E-state index is 12.1. The van der Waals surface area contributed by atoms with Crippen LogP contribution in [0.5, 0.6) is 11.5 Å². The fourth-order valence-electron chi connectivity index (χ4n) is 2.71. The predicted octanol–water partition coefficient (Wildman–Crippen LogP) is 3.03. The zero-order valence-electron chi connectivity index (χ0n) is 16.1. The number of aromatic nitrogens is 1. The second-order valence-corrected chi connectivity index (χ2v) is 6.17. The van der Waals surface area contributed by atoms with Gasteiger partial charge in [-0.1, -0.05) is 0 Å². The third-order valence-corrected chi connectivity index (χ3v) is 4.25. The Bertz CT molecular complexity index is 1010. The molecule has 0 radical (unpaired) electrons. The van der Waals surface area contributed by atoms with E-state index in [2.05, 4.69) is 10.3 Å². The number of nitrogens with one attached hydrogen (secondary N) is 1. The Morgan fingerprint density at radius 3 is 2.52 bits per heavy atom. The Balaban J connectivity index is 1.60. The highest BCUT2D eigenvalue weighted by atomic mass is 16.5. The summed E-state index contributed by atoms with van der Waals surface area (Å²) in [5.41, 5.74) is 6.90. The Labute approximate surface area is 167 Å². The molecular formula is C21H21N3O5. The molecule has 1 heterocycles. The SMILES string of the molecule is COc1ccc(-c2cnc(CCC(=O)Nc3ccc(C(N)=O)cc3)o2)c(OC)c1. The molecule has 2 amide bonds.